The predicted octanol–water partition coefficient (Wildman–Crippen LogP) is 2.39. The molecule has 0 radical (unpaired) electrons. The SMILES string of the molecule is CC(C)NC1CCN(C2CCCCC2)C1. The van der Waals surface area contributed by atoms with E-state index in [4.69, 9.17) is 0 Å². The van der Waals surface area contributed by atoms with Crippen molar-refractivity contribution in [2.75, 3.05) is 13.1 Å². The fourth-order valence-electron chi connectivity index (χ4n) is 3.17. The lowest BCUT2D eigenvalue weighted by Gasteiger charge is -2.31. The van der Waals surface area contributed by atoms with Crippen LogP contribution in [0.5, 0.6) is 0 Å². The van der Waals surface area contributed by atoms with E-state index in [0.29, 0.717) is 6.04 Å². The molecule has 2 fully saturated rings. The fraction of sp³-hybridized carbons (Fsp3) is 1.00. The molecule has 1 saturated heterocycles. The summed E-state index contributed by atoms with van der Waals surface area (Å²) in [5, 5.41) is 3.67. The summed E-state index contributed by atoms with van der Waals surface area (Å²) in [6, 6.07) is 2.31. The summed E-state index contributed by atoms with van der Waals surface area (Å²) in [5.74, 6) is 0. The summed E-state index contributed by atoms with van der Waals surface area (Å²) in [7, 11) is 0. The van der Waals surface area contributed by atoms with Crippen LogP contribution in [0.1, 0.15) is 52.4 Å². The van der Waals surface area contributed by atoms with Gasteiger partial charge in [-0.1, -0.05) is 33.1 Å². The molecule has 0 aromatic rings. The Labute approximate surface area is 94.4 Å². The highest BCUT2D eigenvalue weighted by Crippen LogP contribution is 2.25. The van der Waals surface area contributed by atoms with Crippen LogP contribution in [0.3, 0.4) is 0 Å². The molecule has 0 amide bonds. The van der Waals surface area contributed by atoms with Crippen molar-refractivity contribution in [3.63, 3.8) is 0 Å². The van der Waals surface area contributed by atoms with Crippen LogP contribution in [0.15, 0.2) is 0 Å². The number of nitrogens with one attached hydrogen (secondary N) is 1. The third-order valence-corrected chi connectivity index (χ3v) is 3.88. The van der Waals surface area contributed by atoms with Crippen molar-refractivity contribution in [1.82, 2.24) is 10.2 Å². The van der Waals surface area contributed by atoms with E-state index in [9.17, 15) is 0 Å². The maximum atomic E-state index is 3.67. The van der Waals surface area contributed by atoms with Crippen LogP contribution < -0.4 is 5.32 Å². The van der Waals surface area contributed by atoms with Gasteiger partial charge in [-0.15, -0.1) is 0 Å². The maximum absolute atomic E-state index is 3.67. The Morgan fingerprint density at radius 3 is 2.47 bits per heavy atom. The fourth-order valence-corrected chi connectivity index (χ4v) is 3.17. The van der Waals surface area contributed by atoms with E-state index in [1.54, 1.807) is 0 Å². The lowest BCUT2D eigenvalue weighted by molar-refractivity contribution is 0.186. The van der Waals surface area contributed by atoms with Crippen LogP contribution in [0, 0.1) is 0 Å². The molecule has 0 aromatic carbocycles. The maximum Gasteiger partial charge on any atom is 0.0209 e. The molecule has 1 N–H and O–H groups in total. The molecule has 1 saturated carbocycles. The molecule has 2 aliphatic rings. The van der Waals surface area contributed by atoms with Gasteiger partial charge in [0.15, 0.2) is 0 Å². The Bertz CT molecular complexity index is 185. The normalized spacial score (nSPS) is 30.2. The van der Waals surface area contributed by atoms with Crippen molar-refractivity contribution in [2.45, 2.75) is 70.5 Å². The third-order valence-electron chi connectivity index (χ3n) is 3.88. The molecule has 2 heteroatoms. The number of rotatable bonds is 3. The molecule has 0 bridgehead atoms. The summed E-state index contributed by atoms with van der Waals surface area (Å²) in [4.78, 5) is 2.74. The first-order chi connectivity index (χ1) is 7.25. The summed E-state index contributed by atoms with van der Waals surface area (Å²) in [5.41, 5.74) is 0. The lowest BCUT2D eigenvalue weighted by atomic mass is 9.94. The number of hydrogen-bond donors (Lipinski definition) is 1. The first kappa shape index (κ1) is 11.4. The second-order valence-electron chi connectivity index (χ2n) is 5.59. The molecule has 2 rings (SSSR count). The Morgan fingerprint density at radius 2 is 1.80 bits per heavy atom. The molecular weight excluding hydrogens is 184 g/mol. The van der Waals surface area contributed by atoms with Crippen LogP contribution >= 0.6 is 0 Å². The minimum Gasteiger partial charge on any atom is -0.310 e. The number of nitrogens with zero attached hydrogens (tertiary/aromatic N) is 1. The molecule has 0 spiro atoms. The van der Waals surface area contributed by atoms with Gasteiger partial charge in [0.25, 0.3) is 0 Å². The van der Waals surface area contributed by atoms with Gasteiger partial charge in [0.2, 0.25) is 0 Å². The van der Waals surface area contributed by atoms with E-state index in [1.165, 1.54) is 51.6 Å². The monoisotopic (exact) mass is 210 g/mol. The zero-order valence-corrected chi connectivity index (χ0v) is 10.3. The molecule has 2 nitrogen and oxygen atoms in total. The number of likely N-dealkylation sites (tertiary alicyclic amines) is 1. The molecule has 1 atom stereocenters. The lowest BCUT2D eigenvalue weighted by Crippen LogP contribution is -2.40. The third kappa shape index (κ3) is 3.18. The van der Waals surface area contributed by atoms with Crippen LogP contribution in [-0.2, 0) is 0 Å². The van der Waals surface area contributed by atoms with E-state index in [1.807, 2.05) is 0 Å². The minimum atomic E-state index is 0.640. The minimum absolute atomic E-state index is 0.640. The summed E-state index contributed by atoms with van der Waals surface area (Å²) in [6.45, 7) is 7.13. The van der Waals surface area contributed by atoms with Gasteiger partial charge in [0.1, 0.15) is 0 Å². The standard InChI is InChI=1S/C13H26N2/c1-11(2)14-12-8-9-15(10-12)13-6-4-3-5-7-13/h11-14H,3-10H2,1-2H3. The van der Waals surface area contributed by atoms with Crippen LogP contribution in [0.2, 0.25) is 0 Å². The Kier molecular flexibility index (Phi) is 4.04. The van der Waals surface area contributed by atoms with Crippen molar-refractivity contribution in [1.29, 1.82) is 0 Å². The van der Waals surface area contributed by atoms with Gasteiger partial charge < -0.3 is 5.32 Å². The first-order valence-corrected chi connectivity index (χ1v) is 6.76. The number of hydrogen-bond acceptors (Lipinski definition) is 2. The van der Waals surface area contributed by atoms with Crippen LogP contribution in [-0.4, -0.2) is 36.1 Å². The van der Waals surface area contributed by atoms with Gasteiger partial charge in [-0.25, -0.2) is 0 Å². The van der Waals surface area contributed by atoms with Crippen molar-refractivity contribution in [3.8, 4) is 0 Å². The van der Waals surface area contributed by atoms with E-state index in [-0.39, 0.29) is 0 Å². The highest BCUT2D eigenvalue weighted by Gasteiger charge is 2.28. The largest absolute Gasteiger partial charge is 0.310 e. The summed E-state index contributed by atoms with van der Waals surface area (Å²) in [6.07, 6.45) is 8.66. The second kappa shape index (κ2) is 5.31. The highest BCUT2D eigenvalue weighted by molar-refractivity contribution is 4.87. The van der Waals surface area contributed by atoms with Crippen molar-refractivity contribution < 1.29 is 0 Å². The van der Waals surface area contributed by atoms with Gasteiger partial charge in [0, 0.05) is 31.2 Å². The van der Waals surface area contributed by atoms with Gasteiger partial charge in [-0.2, -0.15) is 0 Å². The average Bonchev–Trinajstić information content (AvgIpc) is 2.67. The second-order valence-corrected chi connectivity index (χ2v) is 5.59. The van der Waals surface area contributed by atoms with Crippen LogP contribution in [0.25, 0.3) is 0 Å². The zero-order valence-electron chi connectivity index (χ0n) is 10.3. The molecular formula is C13H26N2. The Balaban J connectivity index is 1.76. The first-order valence-electron chi connectivity index (χ1n) is 6.76. The predicted molar refractivity (Wildman–Crippen MR) is 65.1 cm³/mol. The van der Waals surface area contributed by atoms with Gasteiger partial charge in [-0.05, 0) is 19.3 Å². The van der Waals surface area contributed by atoms with E-state index < -0.39 is 0 Å². The molecule has 15 heavy (non-hydrogen) atoms. The Hall–Kier alpha value is -0.0800. The molecule has 1 aliphatic carbocycles. The highest BCUT2D eigenvalue weighted by atomic mass is 15.2. The quantitative estimate of drug-likeness (QED) is 0.769. The smallest absolute Gasteiger partial charge is 0.0209 e. The molecule has 1 aliphatic heterocycles. The van der Waals surface area contributed by atoms with Crippen molar-refractivity contribution in [2.24, 2.45) is 0 Å². The zero-order chi connectivity index (χ0) is 10.7. The molecule has 1 unspecified atom stereocenters. The summed E-state index contributed by atoms with van der Waals surface area (Å²) >= 11 is 0. The molecule has 1 heterocycles. The van der Waals surface area contributed by atoms with E-state index >= 15 is 0 Å². The van der Waals surface area contributed by atoms with Crippen LogP contribution in [0.4, 0.5) is 0 Å². The topological polar surface area (TPSA) is 15.3 Å². The van der Waals surface area contributed by atoms with E-state index in [2.05, 4.69) is 24.1 Å². The van der Waals surface area contributed by atoms with Gasteiger partial charge in [-0.3, -0.25) is 4.90 Å². The van der Waals surface area contributed by atoms with Crippen molar-refractivity contribution in [3.05, 3.63) is 0 Å². The van der Waals surface area contributed by atoms with Gasteiger partial charge >= 0.3 is 0 Å². The molecule has 0 aromatic heterocycles. The van der Waals surface area contributed by atoms with Gasteiger partial charge in [0.05, 0.1) is 0 Å². The average molecular weight is 210 g/mol. The summed E-state index contributed by atoms with van der Waals surface area (Å²) < 4.78 is 0. The molecule has 88 valence electrons. The van der Waals surface area contributed by atoms with Crippen molar-refractivity contribution >= 4 is 0 Å². The van der Waals surface area contributed by atoms with E-state index in [0.717, 1.165) is 12.1 Å². The Morgan fingerprint density at radius 1 is 1.07 bits per heavy atom.